The minimum absolute atomic E-state index is 0.00959. The molecule has 1 aliphatic rings. The summed E-state index contributed by atoms with van der Waals surface area (Å²) in [5, 5.41) is 20.4. The number of hydrogen-bond donors (Lipinski definition) is 3. The molecule has 1 aromatic carbocycles. The SMILES string of the molecule is COc1cc2c(cc1/C(C(C)=N)=C(\C)O)CCC(=O)N2. The summed E-state index contributed by atoms with van der Waals surface area (Å²) in [7, 11) is 1.53. The molecule has 0 fully saturated rings. The maximum atomic E-state index is 11.4. The first kappa shape index (κ1) is 14.1. The van der Waals surface area contributed by atoms with Gasteiger partial charge in [-0.25, -0.2) is 0 Å². The quantitative estimate of drug-likeness (QED) is 0.585. The Kier molecular flexibility index (Phi) is 3.79. The Hall–Kier alpha value is -2.30. The summed E-state index contributed by atoms with van der Waals surface area (Å²) in [6.45, 7) is 3.17. The second kappa shape index (κ2) is 5.36. The molecule has 1 heterocycles. The van der Waals surface area contributed by atoms with E-state index in [-0.39, 0.29) is 17.4 Å². The van der Waals surface area contributed by atoms with E-state index >= 15 is 0 Å². The molecule has 0 aliphatic carbocycles. The molecule has 0 unspecified atom stereocenters. The Morgan fingerprint density at radius 1 is 1.35 bits per heavy atom. The Morgan fingerprint density at radius 3 is 2.60 bits per heavy atom. The van der Waals surface area contributed by atoms with Gasteiger partial charge in [0.15, 0.2) is 0 Å². The van der Waals surface area contributed by atoms with Crippen molar-refractivity contribution in [2.75, 3.05) is 12.4 Å². The molecule has 0 saturated heterocycles. The average Bonchev–Trinajstić information content (AvgIpc) is 2.37. The van der Waals surface area contributed by atoms with Gasteiger partial charge in [0.1, 0.15) is 5.75 Å². The van der Waals surface area contributed by atoms with Gasteiger partial charge in [-0.3, -0.25) is 4.79 Å². The number of methoxy groups -OCH3 is 1. The van der Waals surface area contributed by atoms with Crippen LogP contribution in [0, 0.1) is 5.41 Å². The van der Waals surface area contributed by atoms with E-state index in [1.54, 1.807) is 19.9 Å². The van der Waals surface area contributed by atoms with Crippen LogP contribution < -0.4 is 10.1 Å². The third kappa shape index (κ3) is 2.52. The summed E-state index contributed by atoms with van der Waals surface area (Å²) >= 11 is 0. The lowest BCUT2D eigenvalue weighted by atomic mass is 9.93. The molecule has 3 N–H and O–H groups in total. The number of fused-ring (bicyclic) bond motifs is 1. The predicted octanol–water partition coefficient (Wildman–Crippen LogP) is 2.91. The summed E-state index contributed by atoms with van der Waals surface area (Å²) in [4.78, 5) is 11.4. The van der Waals surface area contributed by atoms with Crippen molar-refractivity contribution in [3.8, 4) is 5.75 Å². The highest BCUT2D eigenvalue weighted by Crippen LogP contribution is 2.35. The minimum atomic E-state index is -0.00959. The fraction of sp³-hybridized carbons (Fsp3) is 0.333. The number of benzene rings is 1. The van der Waals surface area contributed by atoms with E-state index in [0.717, 1.165) is 11.3 Å². The predicted molar refractivity (Wildman–Crippen MR) is 78.6 cm³/mol. The van der Waals surface area contributed by atoms with Gasteiger partial charge in [-0.15, -0.1) is 0 Å². The van der Waals surface area contributed by atoms with Crippen LogP contribution in [0.1, 0.15) is 31.4 Å². The molecule has 5 nitrogen and oxygen atoms in total. The Morgan fingerprint density at radius 2 is 2.05 bits per heavy atom. The smallest absolute Gasteiger partial charge is 0.224 e. The second-order valence-electron chi connectivity index (χ2n) is 4.84. The molecular formula is C15H18N2O3. The van der Waals surface area contributed by atoms with E-state index < -0.39 is 0 Å². The number of allylic oxidation sites excluding steroid dienone is 2. The normalized spacial score (nSPS) is 15.1. The number of ether oxygens (including phenoxy) is 1. The number of hydrogen-bond acceptors (Lipinski definition) is 4. The number of nitrogens with one attached hydrogen (secondary N) is 2. The van der Waals surface area contributed by atoms with Gasteiger partial charge in [0.25, 0.3) is 0 Å². The first-order chi connectivity index (χ1) is 9.43. The van der Waals surface area contributed by atoms with Crippen LogP contribution in [0.25, 0.3) is 5.57 Å². The summed E-state index contributed by atoms with van der Waals surface area (Å²) in [6.07, 6.45) is 1.09. The average molecular weight is 274 g/mol. The van der Waals surface area contributed by atoms with E-state index in [1.807, 2.05) is 6.07 Å². The maximum Gasteiger partial charge on any atom is 0.224 e. The number of aliphatic hydroxyl groups excluding tert-OH is 1. The number of aryl methyl sites for hydroxylation is 1. The highest BCUT2D eigenvalue weighted by Gasteiger charge is 2.21. The molecule has 0 aromatic heterocycles. The van der Waals surface area contributed by atoms with Crippen molar-refractivity contribution in [1.82, 2.24) is 0 Å². The highest BCUT2D eigenvalue weighted by atomic mass is 16.5. The third-order valence-corrected chi connectivity index (χ3v) is 3.33. The molecule has 1 amide bonds. The van der Waals surface area contributed by atoms with Crippen molar-refractivity contribution in [3.05, 3.63) is 29.0 Å². The minimum Gasteiger partial charge on any atom is -0.512 e. The van der Waals surface area contributed by atoms with Crippen molar-refractivity contribution in [1.29, 1.82) is 5.41 Å². The van der Waals surface area contributed by atoms with Gasteiger partial charge in [-0.05, 0) is 31.9 Å². The topological polar surface area (TPSA) is 82.4 Å². The molecule has 0 atom stereocenters. The van der Waals surface area contributed by atoms with E-state index in [2.05, 4.69) is 5.32 Å². The standard InChI is InChI=1S/C15H18N2O3/c1-8(16)15(9(2)18)11-6-10-4-5-14(19)17-12(10)7-13(11)20-3/h6-7,16,18H,4-5H2,1-3H3,(H,17,19)/b15-9+,16-8?. The molecule has 0 saturated carbocycles. The fourth-order valence-corrected chi connectivity index (χ4v) is 2.44. The van der Waals surface area contributed by atoms with Crippen molar-refractivity contribution in [2.45, 2.75) is 26.7 Å². The lowest BCUT2D eigenvalue weighted by molar-refractivity contribution is -0.116. The molecule has 0 spiro atoms. The molecule has 0 radical (unpaired) electrons. The zero-order valence-electron chi connectivity index (χ0n) is 11.8. The molecule has 5 heteroatoms. The number of carbonyl (C=O) groups is 1. The summed E-state index contributed by atoms with van der Waals surface area (Å²) in [6, 6.07) is 3.62. The summed E-state index contributed by atoms with van der Waals surface area (Å²) in [5.74, 6) is 0.598. The molecule has 0 bridgehead atoms. The van der Waals surface area contributed by atoms with Gasteiger partial charge in [-0.1, -0.05) is 0 Å². The molecule has 20 heavy (non-hydrogen) atoms. The molecular weight excluding hydrogens is 256 g/mol. The Labute approximate surface area is 117 Å². The maximum absolute atomic E-state index is 11.4. The van der Waals surface area contributed by atoms with Gasteiger partial charge >= 0.3 is 0 Å². The van der Waals surface area contributed by atoms with Gasteiger partial charge in [0, 0.05) is 35.0 Å². The van der Waals surface area contributed by atoms with Crippen LogP contribution in [-0.2, 0) is 11.2 Å². The van der Waals surface area contributed by atoms with Crippen LogP contribution in [0.15, 0.2) is 17.9 Å². The van der Waals surface area contributed by atoms with Gasteiger partial charge in [-0.2, -0.15) is 0 Å². The summed E-state index contributed by atoms with van der Waals surface area (Å²) in [5.41, 5.74) is 3.12. The zero-order chi connectivity index (χ0) is 14.9. The van der Waals surface area contributed by atoms with Crippen LogP contribution >= 0.6 is 0 Å². The van der Waals surface area contributed by atoms with Gasteiger partial charge in [0.05, 0.1) is 12.9 Å². The van der Waals surface area contributed by atoms with Crippen LogP contribution in [0.4, 0.5) is 5.69 Å². The third-order valence-electron chi connectivity index (χ3n) is 3.33. The molecule has 1 aromatic rings. The van der Waals surface area contributed by atoms with Crippen LogP contribution in [0.5, 0.6) is 5.75 Å². The van der Waals surface area contributed by atoms with Crippen molar-refractivity contribution in [2.24, 2.45) is 0 Å². The Bertz CT molecular complexity index is 614. The van der Waals surface area contributed by atoms with E-state index in [9.17, 15) is 9.90 Å². The van der Waals surface area contributed by atoms with Gasteiger partial charge < -0.3 is 20.6 Å². The zero-order valence-corrected chi connectivity index (χ0v) is 11.8. The molecule has 1 aliphatic heterocycles. The monoisotopic (exact) mass is 274 g/mol. The highest BCUT2D eigenvalue weighted by molar-refractivity contribution is 6.22. The van der Waals surface area contributed by atoms with E-state index in [0.29, 0.717) is 29.7 Å². The van der Waals surface area contributed by atoms with Crippen molar-refractivity contribution >= 4 is 22.9 Å². The molecule has 2 rings (SSSR count). The number of aliphatic hydroxyl groups is 1. The van der Waals surface area contributed by atoms with Crippen LogP contribution in [-0.4, -0.2) is 23.8 Å². The first-order valence-corrected chi connectivity index (χ1v) is 6.40. The van der Waals surface area contributed by atoms with Crippen molar-refractivity contribution in [3.63, 3.8) is 0 Å². The van der Waals surface area contributed by atoms with Crippen LogP contribution in [0.2, 0.25) is 0 Å². The first-order valence-electron chi connectivity index (χ1n) is 6.40. The lowest BCUT2D eigenvalue weighted by Gasteiger charge is -2.21. The lowest BCUT2D eigenvalue weighted by Crippen LogP contribution is -2.19. The number of rotatable bonds is 3. The largest absolute Gasteiger partial charge is 0.512 e. The Balaban J connectivity index is 2.62. The second-order valence-corrected chi connectivity index (χ2v) is 4.84. The van der Waals surface area contributed by atoms with E-state index in [4.69, 9.17) is 10.1 Å². The number of anilines is 1. The number of carbonyl (C=O) groups excluding carboxylic acids is 1. The van der Waals surface area contributed by atoms with Gasteiger partial charge in [0.2, 0.25) is 5.91 Å². The summed E-state index contributed by atoms with van der Waals surface area (Å²) < 4.78 is 5.33. The van der Waals surface area contributed by atoms with E-state index in [1.165, 1.54) is 7.11 Å². The van der Waals surface area contributed by atoms with Crippen molar-refractivity contribution < 1.29 is 14.6 Å². The van der Waals surface area contributed by atoms with Crippen LogP contribution in [0.3, 0.4) is 0 Å². The molecule has 106 valence electrons. The fourth-order valence-electron chi connectivity index (χ4n) is 2.44. The number of amides is 1.